The summed E-state index contributed by atoms with van der Waals surface area (Å²) in [6, 6.07) is 5.58. The molecule has 0 aliphatic carbocycles. The van der Waals surface area contributed by atoms with E-state index in [1.165, 1.54) is 16.0 Å². The molecule has 0 saturated heterocycles. The summed E-state index contributed by atoms with van der Waals surface area (Å²) < 4.78 is 1.66. The van der Waals surface area contributed by atoms with E-state index >= 15 is 0 Å². The van der Waals surface area contributed by atoms with E-state index in [0.29, 0.717) is 10.7 Å². The van der Waals surface area contributed by atoms with Gasteiger partial charge in [0.05, 0.1) is 16.6 Å². The van der Waals surface area contributed by atoms with Gasteiger partial charge in [-0.3, -0.25) is 4.79 Å². The fourth-order valence-electron chi connectivity index (χ4n) is 3.32. The van der Waals surface area contributed by atoms with E-state index in [4.69, 9.17) is 11.6 Å². The third-order valence-corrected chi connectivity index (χ3v) is 5.88. The molecule has 3 aromatic rings. The first kappa shape index (κ1) is 14.7. The van der Waals surface area contributed by atoms with E-state index in [-0.39, 0.29) is 11.9 Å². The molecule has 1 aliphatic rings. The SMILES string of the molecule is Cc1csc2c1C(C)N(C(=O)c1cc3ccc(Cl)cn3n1)CC2. The maximum absolute atomic E-state index is 12.9. The van der Waals surface area contributed by atoms with Gasteiger partial charge in [-0.2, -0.15) is 5.10 Å². The topological polar surface area (TPSA) is 37.6 Å². The Labute approximate surface area is 143 Å². The molecule has 4 heterocycles. The lowest BCUT2D eigenvalue weighted by molar-refractivity contribution is 0.0672. The minimum absolute atomic E-state index is 0.0198. The fraction of sp³-hybridized carbons (Fsp3) is 0.294. The smallest absolute Gasteiger partial charge is 0.274 e. The first-order chi connectivity index (χ1) is 11.0. The van der Waals surface area contributed by atoms with Crippen molar-refractivity contribution in [1.29, 1.82) is 0 Å². The highest BCUT2D eigenvalue weighted by atomic mass is 35.5. The summed E-state index contributed by atoms with van der Waals surface area (Å²) in [5.74, 6) is -0.0198. The number of nitrogens with zero attached hydrogens (tertiary/aromatic N) is 3. The Bertz CT molecular complexity index is 914. The second-order valence-electron chi connectivity index (χ2n) is 5.93. The molecule has 6 heteroatoms. The standard InChI is InChI=1S/C17H16ClN3OS/c1-10-9-23-15-5-6-20(11(2)16(10)15)17(22)14-7-13-4-3-12(18)8-21(13)19-14/h3-4,7-9,11H,5-6H2,1-2H3. The van der Waals surface area contributed by atoms with E-state index in [9.17, 15) is 4.79 Å². The number of hydrogen-bond acceptors (Lipinski definition) is 3. The molecule has 1 unspecified atom stereocenters. The summed E-state index contributed by atoms with van der Waals surface area (Å²) in [7, 11) is 0. The number of amides is 1. The molecular weight excluding hydrogens is 330 g/mol. The number of halogens is 1. The van der Waals surface area contributed by atoms with Gasteiger partial charge in [-0.1, -0.05) is 11.6 Å². The van der Waals surface area contributed by atoms with E-state index in [1.807, 2.05) is 17.0 Å². The van der Waals surface area contributed by atoms with Crippen molar-refractivity contribution in [3.63, 3.8) is 0 Å². The van der Waals surface area contributed by atoms with Crippen molar-refractivity contribution in [2.75, 3.05) is 6.54 Å². The van der Waals surface area contributed by atoms with E-state index in [0.717, 1.165) is 18.5 Å². The molecule has 0 bridgehead atoms. The number of carbonyl (C=O) groups is 1. The van der Waals surface area contributed by atoms with Crippen LogP contribution in [0.15, 0.2) is 29.8 Å². The lowest BCUT2D eigenvalue weighted by atomic mass is 9.97. The monoisotopic (exact) mass is 345 g/mol. The van der Waals surface area contributed by atoms with Gasteiger partial charge in [0.2, 0.25) is 0 Å². The molecular formula is C17H16ClN3OS. The van der Waals surface area contributed by atoms with Crippen molar-refractivity contribution >= 4 is 34.4 Å². The average molecular weight is 346 g/mol. The third kappa shape index (κ3) is 2.35. The van der Waals surface area contributed by atoms with Crippen LogP contribution in [0.5, 0.6) is 0 Å². The minimum Gasteiger partial charge on any atom is -0.330 e. The maximum Gasteiger partial charge on any atom is 0.274 e. The minimum atomic E-state index is -0.0198. The number of fused-ring (bicyclic) bond motifs is 2. The van der Waals surface area contributed by atoms with Gasteiger partial charge in [-0.25, -0.2) is 4.52 Å². The van der Waals surface area contributed by atoms with Crippen LogP contribution in [0.3, 0.4) is 0 Å². The number of carbonyl (C=O) groups excluding carboxylic acids is 1. The molecule has 23 heavy (non-hydrogen) atoms. The zero-order chi connectivity index (χ0) is 16.1. The van der Waals surface area contributed by atoms with E-state index in [2.05, 4.69) is 24.3 Å². The molecule has 0 fully saturated rings. The van der Waals surface area contributed by atoms with Crippen LogP contribution < -0.4 is 0 Å². The van der Waals surface area contributed by atoms with Gasteiger partial charge in [-0.15, -0.1) is 11.3 Å². The number of aromatic nitrogens is 2. The van der Waals surface area contributed by atoms with Gasteiger partial charge < -0.3 is 4.90 Å². The van der Waals surface area contributed by atoms with Crippen LogP contribution in [-0.4, -0.2) is 27.0 Å². The molecule has 4 nitrogen and oxygen atoms in total. The zero-order valence-electron chi connectivity index (χ0n) is 12.9. The Balaban J connectivity index is 1.69. The van der Waals surface area contributed by atoms with Crippen molar-refractivity contribution < 1.29 is 4.79 Å². The van der Waals surface area contributed by atoms with Crippen molar-refractivity contribution in [2.24, 2.45) is 0 Å². The molecule has 0 saturated carbocycles. The quantitative estimate of drug-likeness (QED) is 0.665. The van der Waals surface area contributed by atoms with Gasteiger partial charge in [0, 0.05) is 17.6 Å². The molecule has 1 amide bonds. The molecule has 0 N–H and O–H groups in total. The Morgan fingerprint density at radius 3 is 3.09 bits per heavy atom. The van der Waals surface area contributed by atoms with Crippen LogP contribution in [0, 0.1) is 6.92 Å². The summed E-state index contributed by atoms with van der Waals surface area (Å²) >= 11 is 7.78. The predicted molar refractivity (Wildman–Crippen MR) is 92.4 cm³/mol. The van der Waals surface area contributed by atoms with Gasteiger partial charge in [0.1, 0.15) is 0 Å². The Hall–Kier alpha value is -1.85. The normalized spacial score (nSPS) is 17.5. The summed E-state index contributed by atoms with van der Waals surface area (Å²) in [5, 5.41) is 7.18. The Kier molecular flexibility index (Phi) is 3.43. The van der Waals surface area contributed by atoms with Crippen LogP contribution >= 0.6 is 22.9 Å². The number of pyridine rings is 1. The number of rotatable bonds is 1. The second kappa shape index (κ2) is 5.35. The predicted octanol–water partition coefficient (Wildman–Crippen LogP) is 4.12. The van der Waals surface area contributed by atoms with Gasteiger partial charge in [-0.05, 0) is 55.0 Å². The molecule has 1 aliphatic heterocycles. The molecule has 3 aromatic heterocycles. The van der Waals surface area contributed by atoms with Crippen LogP contribution in [0.4, 0.5) is 0 Å². The Morgan fingerprint density at radius 1 is 1.43 bits per heavy atom. The Morgan fingerprint density at radius 2 is 2.26 bits per heavy atom. The number of thiophene rings is 1. The lowest BCUT2D eigenvalue weighted by Gasteiger charge is -2.33. The highest BCUT2D eigenvalue weighted by Crippen LogP contribution is 2.36. The zero-order valence-corrected chi connectivity index (χ0v) is 14.5. The summed E-state index contributed by atoms with van der Waals surface area (Å²) in [4.78, 5) is 16.3. The maximum atomic E-state index is 12.9. The summed E-state index contributed by atoms with van der Waals surface area (Å²) in [5.41, 5.74) is 3.92. The second-order valence-corrected chi connectivity index (χ2v) is 7.33. The first-order valence-corrected chi connectivity index (χ1v) is 8.83. The van der Waals surface area contributed by atoms with E-state index in [1.54, 1.807) is 28.1 Å². The van der Waals surface area contributed by atoms with Crippen molar-refractivity contribution in [2.45, 2.75) is 26.3 Å². The molecule has 0 spiro atoms. The number of aryl methyl sites for hydroxylation is 1. The fourth-order valence-corrected chi connectivity index (χ4v) is 4.59. The largest absolute Gasteiger partial charge is 0.330 e. The average Bonchev–Trinajstić information content (AvgIpc) is 3.11. The highest BCUT2D eigenvalue weighted by molar-refractivity contribution is 7.10. The van der Waals surface area contributed by atoms with Crippen LogP contribution in [0.2, 0.25) is 5.02 Å². The molecule has 0 aromatic carbocycles. The number of hydrogen-bond donors (Lipinski definition) is 0. The molecule has 118 valence electrons. The van der Waals surface area contributed by atoms with Crippen LogP contribution in [0.1, 0.15) is 39.5 Å². The van der Waals surface area contributed by atoms with Gasteiger partial charge >= 0.3 is 0 Å². The van der Waals surface area contributed by atoms with Gasteiger partial charge in [0.25, 0.3) is 5.91 Å². The van der Waals surface area contributed by atoms with Crippen molar-refractivity contribution in [1.82, 2.24) is 14.5 Å². The first-order valence-electron chi connectivity index (χ1n) is 7.57. The third-order valence-electron chi connectivity index (χ3n) is 4.47. The van der Waals surface area contributed by atoms with Crippen molar-refractivity contribution in [3.05, 3.63) is 56.5 Å². The van der Waals surface area contributed by atoms with Crippen LogP contribution in [0.25, 0.3) is 5.52 Å². The lowest BCUT2D eigenvalue weighted by Crippen LogP contribution is -2.38. The highest BCUT2D eigenvalue weighted by Gasteiger charge is 2.31. The molecule has 0 radical (unpaired) electrons. The van der Waals surface area contributed by atoms with E-state index < -0.39 is 0 Å². The van der Waals surface area contributed by atoms with Crippen LogP contribution in [-0.2, 0) is 6.42 Å². The van der Waals surface area contributed by atoms with Gasteiger partial charge in [0.15, 0.2) is 5.69 Å². The van der Waals surface area contributed by atoms with Crippen molar-refractivity contribution in [3.8, 4) is 0 Å². The summed E-state index contributed by atoms with van der Waals surface area (Å²) in [6.45, 7) is 4.95. The molecule has 1 atom stereocenters. The molecule has 4 rings (SSSR count). The summed E-state index contributed by atoms with van der Waals surface area (Å²) in [6.07, 6.45) is 2.64.